The Bertz CT molecular complexity index is 190. The molecule has 1 aliphatic heterocycles. The van der Waals surface area contributed by atoms with Gasteiger partial charge in [0.25, 0.3) is 0 Å². The lowest BCUT2D eigenvalue weighted by Gasteiger charge is -2.43. The molecule has 2 saturated carbocycles. The smallest absolute Gasteiger partial charge is 0.00981 e. The van der Waals surface area contributed by atoms with E-state index in [-0.39, 0.29) is 0 Å². The van der Waals surface area contributed by atoms with Crippen LogP contribution in [0.4, 0.5) is 0 Å². The highest BCUT2D eigenvalue weighted by molar-refractivity contribution is 4.95. The van der Waals surface area contributed by atoms with Crippen molar-refractivity contribution in [3.8, 4) is 0 Å². The van der Waals surface area contributed by atoms with E-state index >= 15 is 0 Å². The van der Waals surface area contributed by atoms with Gasteiger partial charge in [-0.1, -0.05) is 12.8 Å². The second kappa shape index (κ2) is 3.27. The van der Waals surface area contributed by atoms with Gasteiger partial charge >= 0.3 is 0 Å². The molecule has 74 valence electrons. The fraction of sp³-hybridized carbons (Fsp3) is 1.00. The quantitative estimate of drug-likeness (QED) is 0.602. The second-order valence-electron chi connectivity index (χ2n) is 5.30. The van der Waals surface area contributed by atoms with E-state index < -0.39 is 0 Å². The molecule has 0 aromatic carbocycles. The Labute approximate surface area is 81.3 Å². The number of piperidine rings is 1. The van der Waals surface area contributed by atoms with Gasteiger partial charge in [-0.25, -0.2) is 0 Å². The van der Waals surface area contributed by atoms with Crippen LogP contribution in [0.2, 0.25) is 0 Å². The van der Waals surface area contributed by atoms with Crippen LogP contribution < -0.4 is 5.32 Å². The monoisotopic (exact) mass is 179 g/mol. The van der Waals surface area contributed by atoms with Gasteiger partial charge in [0.2, 0.25) is 0 Å². The van der Waals surface area contributed by atoms with Gasteiger partial charge in [-0.15, -0.1) is 0 Å². The number of fused-ring (bicyclic) bond motifs is 3. The first-order valence-corrected chi connectivity index (χ1v) is 6.18. The Hall–Kier alpha value is -0.0400. The Morgan fingerprint density at radius 2 is 1.69 bits per heavy atom. The van der Waals surface area contributed by atoms with E-state index in [0.29, 0.717) is 0 Å². The molecule has 1 saturated heterocycles. The van der Waals surface area contributed by atoms with Gasteiger partial charge in [0.05, 0.1) is 0 Å². The van der Waals surface area contributed by atoms with Crippen LogP contribution in [0.25, 0.3) is 0 Å². The van der Waals surface area contributed by atoms with Crippen LogP contribution in [-0.4, -0.2) is 12.6 Å². The molecule has 0 aromatic rings. The van der Waals surface area contributed by atoms with Crippen molar-refractivity contribution >= 4 is 0 Å². The molecule has 4 atom stereocenters. The molecular weight excluding hydrogens is 158 g/mol. The maximum atomic E-state index is 3.73. The van der Waals surface area contributed by atoms with Gasteiger partial charge in [0.1, 0.15) is 0 Å². The Balaban J connectivity index is 1.77. The summed E-state index contributed by atoms with van der Waals surface area (Å²) in [5.41, 5.74) is 0. The van der Waals surface area contributed by atoms with Gasteiger partial charge in [0, 0.05) is 6.04 Å². The summed E-state index contributed by atoms with van der Waals surface area (Å²) in [6.45, 7) is 1.29. The first kappa shape index (κ1) is 8.28. The normalized spacial score (nSPS) is 49.8. The van der Waals surface area contributed by atoms with Crippen molar-refractivity contribution in [2.24, 2.45) is 17.8 Å². The third-order valence-electron chi connectivity index (χ3n) is 4.75. The van der Waals surface area contributed by atoms with Crippen LogP contribution in [0.15, 0.2) is 0 Å². The Kier molecular flexibility index (Phi) is 2.08. The molecule has 3 rings (SSSR count). The third kappa shape index (κ3) is 1.32. The van der Waals surface area contributed by atoms with Crippen molar-refractivity contribution in [3.63, 3.8) is 0 Å². The zero-order valence-electron chi connectivity index (χ0n) is 8.47. The molecule has 1 heterocycles. The van der Waals surface area contributed by atoms with Gasteiger partial charge in [0.15, 0.2) is 0 Å². The number of hydrogen-bond acceptors (Lipinski definition) is 1. The summed E-state index contributed by atoms with van der Waals surface area (Å²) >= 11 is 0. The highest BCUT2D eigenvalue weighted by atomic mass is 14.9. The van der Waals surface area contributed by atoms with Crippen molar-refractivity contribution in [2.45, 2.75) is 51.0 Å². The Morgan fingerprint density at radius 3 is 2.69 bits per heavy atom. The number of hydrogen-bond donors (Lipinski definition) is 1. The summed E-state index contributed by atoms with van der Waals surface area (Å²) < 4.78 is 0. The summed E-state index contributed by atoms with van der Waals surface area (Å²) in [7, 11) is 0. The maximum Gasteiger partial charge on any atom is 0.00981 e. The van der Waals surface area contributed by atoms with E-state index in [4.69, 9.17) is 0 Å². The standard InChI is InChI=1S/C12H21N/c1-3-9-6-7-12-11(10(9)4-1)5-2-8-13-12/h9-13H,1-8H2. The van der Waals surface area contributed by atoms with E-state index in [1.54, 1.807) is 12.8 Å². The average Bonchev–Trinajstić information content (AvgIpc) is 2.65. The molecule has 3 fully saturated rings. The van der Waals surface area contributed by atoms with E-state index in [2.05, 4.69) is 5.32 Å². The minimum atomic E-state index is 0.910. The zero-order chi connectivity index (χ0) is 8.67. The number of rotatable bonds is 0. The molecule has 0 aromatic heterocycles. The average molecular weight is 179 g/mol. The lowest BCUT2D eigenvalue weighted by Crippen LogP contribution is -2.48. The van der Waals surface area contributed by atoms with Crippen molar-refractivity contribution in [2.75, 3.05) is 6.54 Å². The first-order valence-electron chi connectivity index (χ1n) is 6.18. The molecule has 0 spiro atoms. The molecule has 0 bridgehead atoms. The van der Waals surface area contributed by atoms with E-state index in [1.807, 2.05) is 0 Å². The van der Waals surface area contributed by atoms with Crippen LogP contribution in [0.1, 0.15) is 44.9 Å². The van der Waals surface area contributed by atoms with Crippen LogP contribution in [0, 0.1) is 17.8 Å². The van der Waals surface area contributed by atoms with Crippen LogP contribution >= 0.6 is 0 Å². The molecule has 1 N–H and O–H groups in total. The lowest BCUT2D eigenvalue weighted by atomic mass is 9.68. The molecule has 4 unspecified atom stereocenters. The molecule has 13 heavy (non-hydrogen) atoms. The summed E-state index contributed by atoms with van der Waals surface area (Å²) in [5.74, 6) is 3.31. The highest BCUT2D eigenvalue weighted by Gasteiger charge is 2.41. The van der Waals surface area contributed by atoms with E-state index in [0.717, 1.165) is 23.8 Å². The SMILES string of the molecule is C1CC2CCC3NCCCC3C2C1. The van der Waals surface area contributed by atoms with Gasteiger partial charge in [-0.05, 0) is 56.4 Å². The predicted molar refractivity (Wildman–Crippen MR) is 54.6 cm³/mol. The lowest BCUT2D eigenvalue weighted by molar-refractivity contribution is 0.104. The summed E-state index contributed by atoms with van der Waals surface area (Å²) in [6.07, 6.45) is 10.6. The predicted octanol–water partition coefficient (Wildman–Crippen LogP) is 2.56. The topological polar surface area (TPSA) is 12.0 Å². The zero-order valence-corrected chi connectivity index (χ0v) is 8.47. The van der Waals surface area contributed by atoms with Crippen LogP contribution in [-0.2, 0) is 0 Å². The largest absolute Gasteiger partial charge is 0.314 e. The van der Waals surface area contributed by atoms with Crippen LogP contribution in [0.3, 0.4) is 0 Å². The molecule has 0 radical (unpaired) electrons. The molecule has 1 nitrogen and oxygen atoms in total. The highest BCUT2D eigenvalue weighted by Crippen LogP contribution is 2.47. The summed E-state index contributed by atoms with van der Waals surface area (Å²) in [4.78, 5) is 0. The minimum absolute atomic E-state index is 0.910. The fourth-order valence-corrected chi connectivity index (χ4v) is 4.19. The molecule has 3 aliphatic rings. The Morgan fingerprint density at radius 1 is 0.769 bits per heavy atom. The molecular formula is C12H21N. The van der Waals surface area contributed by atoms with Gasteiger partial charge < -0.3 is 5.32 Å². The van der Waals surface area contributed by atoms with Crippen LogP contribution in [0.5, 0.6) is 0 Å². The summed E-state index contributed by atoms with van der Waals surface area (Å²) in [6, 6.07) is 0.910. The summed E-state index contributed by atoms with van der Waals surface area (Å²) in [5, 5.41) is 3.73. The van der Waals surface area contributed by atoms with Gasteiger partial charge in [-0.2, -0.15) is 0 Å². The molecule has 0 amide bonds. The van der Waals surface area contributed by atoms with E-state index in [9.17, 15) is 0 Å². The fourth-order valence-electron chi connectivity index (χ4n) is 4.19. The van der Waals surface area contributed by atoms with Gasteiger partial charge in [-0.3, -0.25) is 0 Å². The van der Waals surface area contributed by atoms with Crippen molar-refractivity contribution in [3.05, 3.63) is 0 Å². The van der Waals surface area contributed by atoms with E-state index in [1.165, 1.54) is 38.6 Å². The number of nitrogens with one attached hydrogen (secondary N) is 1. The molecule has 2 aliphatic carbocycles. The third-order valence-corrected chi connectivity index (χ3v) is 4.75. The van der Waals surface area contributed by atoms with Crippen molar-refractivity contribution < 1.29 is 0 Å². The van der Waals surface area contributed by atoms with Crippen molar-refractivity contribution in [1.29, 1.82) is 0 Å². The second-order valence-corrected chi connectivity index (χ2v) is 5.30. The first-order chi connectivity index (χ1) is 6.45. The minimum Gasteiger partial charge on any atom is -0.314 e. The maximum absolute atomic E-state index is 3.73. The van der Waals surface area contributed by atoms with Crippen molar-refractivity contribution in [1.82, 2.24) is 5.32 Å². The molecule has 1 heteroatoms.